The maximum atomic E-state index is 10.8. The van der Waals surface area contributed by atoms with E-state index in [2.05, 4.69) is 15.3 Å². The van der Waals surface area contributed by atoms with E-state index in [-0.39, 0.29) is 18.5 Å². The molecule has 0 rings (SSSR count). The van der Waals surface area contributed by atoms with Gasteiger partial charge in [0, 0.05) is 11.0 Å². The number of rotatable bonds is 4. The summed E-state index contributed by atoms with van der Waals surface area (Å²) in [6, 6.07) is 0.149. The number of nitrogens with one attached hydrogen (secondary N) is 1. The lowest BCUT2D eigenvalue weighted by atomic mass is 10.2. The lowest BCUT2D eigenvalue weighted by Gasteiger charge is -2.08. The van der Waals surface area contributed by atoms with Crippen LogP contribution in [-0.4, -0.2) is 18.5 Å². The van der Waals surface area contributed by atoms with Gasteiger partial charge in [-0.15, -0.1) is 0 Å². The molecule has 0 aliphatic rings. The Hall–Kier alpha value is -1.22. The largest absolute Gasteiger partial charge is 0.354 e. The van der Waals surface area contributed by atoms with Crippen LogP contribution >= 0.6 is 0 Å². The first kappa shape index (κ1) is 9.78. The smallest absolute Gasteiger partial charge is 0.226 e. The van der Waals surface area contributed by atoms with E-state index in [0.29, 0.717) is 0 Å². The Morgan fingerprint density at radius 1 is 1.82 bits per heavy atom. The molecule has 0 radical (unpaired) electrons. The molecule has 1 amide bonds. The molecule has 5 heteroatoms. The molecule has 62 valence electrons. The van der Waals surface area contributed by atoms with Gasteiger partial charge in [-0.3, -0.25) is 4.79 Å². The summed E-state index contributed by atoms with van der Waals surface area (Å²) in [5.41, 5.74) is 7.88. The third-order valence-electron chi connectivity index (χ3n) is 1.30. The van der Waals surface area contributed by atoms with E-state index in [4.69, 9.17) is 5.53 Å². The van der Waals surface area contributed by atoms with Crippen LogP contribution < -0.4 is 5.32 Å². The van der Waals surface area contributed by atoms with Gasteiger partial charge in [-0.25, -0.2) is 0 Å². The van der Waals surface area contributed by atoms with Gasteiger partial charge in [-0.2, -0.15) is 0 Å². The van der Waals surface area contributed by atoms with Crippen LogP contribution in [0.15, 0.2) is 5.11 Å². The van der Waals surface area contributed by atoms with Crippen molar-refractivity contribution in [1.82, 2.24) is 5.32 Å². The standard InChI is InChI=1S/C6H12N4O/c1-3-5(2)9-6(11)4-8-10-7/h5H,3-4H2,1-2H3,(H,9,11). The molecule has 0 spiro atoms. The SMILES string of the molecule is CCC(C)NC(=O)CN=[N+]=[N-]. The van der Waals surface area contributed by atoms with E-state index in [0.717, 1.165) is 6.42 Å². The second kappa shape index (κ2) is 5.56. The fourth-order valence-electron chi connectivity index (χ4n) is 0.518. The predicted molar refractivity (Wildman–Crippen MR) is 41.9 cm³/mol. The Morgan fingerprint density at radius 3 is 2.91 bits per heavy atom. The zero-order valence-corrected chi connectivity index (χ0v) is 6.74. The van der Waals surface area contributed by atoms with E-state index in [1.807, 2.05) is 13.8 Å². The number of carbonyl (C=O) groups is 1. The Morgan fingerprint density at radius 2 is 2.45 bits per heavy atom. The van der Waals surface area contributed by atoms with Crippen molar-refractivity contribution in [2.45, 2.75) is 26.3 Å². The average Bonchev–Trinajstić information content (AvgIpc) is 2.00. The van der Waals surface area contributed by atoms with Crippen molar-refractivity contribution in [3.63, 3.8) is 0 Å². The molecular weight excluding hydrogens is 144 g/mol. The number of azide groups is 1. The Labute approximate surface area is 65.4 Å². The second-order valence-electron chi connectivity index (χ2n) is 2.27. The summed E-state index contributed by atoms with van der Waals surface area (Å²) >= 11 is 0. The van der Waals surface area contributed by atoms with Crippen molar-refractivity contribution in [2.75, 3.05) is 6.54 Å². The van der Waals surface area contributed by atoms with Crippen LogP contribution in [0.1, 0.15) is 20.3 Å². The molecule has 0 aromatic heterocycles. The highest BCUT2D eigenvalue weighted by atomic mass is 16.1. The van der Waals surface area contributed by atoms with Crippen LogP contribution in [0.25, 0.3) is 10.4 Å². The fraction of sp³-hybridized carbons (Fsp3) is 0.833. The molecule has 1 N–H and O–H groups in total. The molecule has 0 fully saturated rings. The Balaban J connectivity index is 3.60. The molecule has 1 unspecified atom stereocenters. The molecule has 0 aliphatic carbocycles. The molecule has 0 bridgehead atoms. The second-order valence-corrected chi connectivity index (χ2v) is 2.27. The topological polar surface area (TPSA) is 77.9 Å². The van der Waals surface area contributed by atoms with E-state index in [1.54, 1.807) is 0 Å². The zero-order valence-electron chi connectivity index (χ0n) is 6.74. The van der Waals surface area contributed by atoms with Crippen LogP contribution in [-0.2, 0) is 4.79 Å². The molecule has 1 atom stereocenters. The van der Waals surface area contributed by atoms with Gasteiger partial charge < -0.3 is 5.32 Å². The summed E-state index contributed by atoms with van der Waals surface area (Å²) in [7, 11) is 0. The average molecular weight is 156 g/mol. The number of hydrogen-bond donors (Lipinski definition) is 1. The van der Waals surface area contributed by atoms with Crippen molar-refractivity contribution in [1.29, 1.82) is 0 Å². The molecule has 0 heterocycles. The molecular formula is C6H12N4O. The summed E-state index contributed by atoms with van der Waals surface area (Å²) in [6.07, 6.45) is 0.877. The highest BCUT2D eigenvalue weighted by molar-refractivity contribution is 5.78. The van der Waals surface area contributed by atoms with Crippen LogP contribution in [0.5, 0.6) is 0 Å². The summed E-state index contributed by atoms with van der Waals surface area (Å²) in [6.45, 7) is 3.76. The maximum Gasteiger partial charge on any atom is 0.226 e. The first-order valence-electron chi connectivity index (χ1n) is 3.51. The van der Waals surface area contributed by atoms with Gasteiger partial charge in [0.15, 0.2) is 0 Å². The van der Waals surface area contributed by atoms with Gasteiger partial charge in [-0.05, 0) is 18.9 Å². The minimum absolute atomic E-state index is 0.110. The summed E-state index contributed by atoms with van der Waals surface area (Å²) in [4.78, 5) is 13.3. The van der Waals surface area contributed by atoms with Gasteiger partial charge in [-0.1, -0.05) is 12.0 Å². The van der Waals surface area contributed by atoms with Gasteiger partial charge in [0.25, 0.3) is 0 Å². The van der Waals surface area contributed by atoms with E-state index in [1.165, 1.54) is 0 Å². The van der Waals surface area contributed by atoms with Crippen molar-refractivity contribution in [3.05, 3.63) is 10.4 Å². The number of hydrogen-bond acceptors (Lipinski definition) is 2. The van der Waals surface area contributed by atoms with Crippen LogP contribution in [0, 0.1) is 0 Å². The van der Waals surface area contributed by atoms with Gasteiger partial charge in [0.05, 0.1) is 0 Å². The van der Waals surface area contributed by atoms with Crippen molar-refractivity contribution in [2.24, 2.45) is 5.11 Å². The number of nitrogens with zero attached hydrogens (tertiary/aromatic N) is 3. The molecule has 0 saturated carbocycles. The van der Waals surface area contributed by atoms with Crippen LogP contribution in [0.3, 0.4) is 0 Å². The lowest BCUT2D eigenvalue weighted by Crippen LogP contribution is -2.33. The van der Waals surface area contributed by atoms with E-state index in [9.17, 15) is 4.79 Å². The number of carbonyl (C=O) groups excluding carboxylic acids is 1. The molecule has 5 nitrogen and oxygen atoms in total. The van der Waals surface area contributed by atoms with Crippen molar-refractivity contribution in [3.8, 4) is 0 Å². The van der Waals surface area contributed by atoms with Gasteiger partial charge in [0.2, 0.25) is 5.91 Å². The summed E-state index contributed by atoms with van der Waals surface area (Å²) < 4.78 is 0. The first-order valence-corrected chi connectivity index (χ1v) is 3.51. The quantitative estimate of drug-likeness (QED) is 0.370. The van der Waals surface area contributed by atoms with E-state index >= 15 is 0 Å². The van der Waals surface area contributed by atoms with Gasteiger partial charge >= 0.3 is 0 Å². The highest BCUT2D eigenvalue weighted by Gasteiger charge is 2.02. The maximum absolute atomic E-state index is 10.8. The molecule has 0 aromatic rings. The molecule has 0 aromatic carbocycles. The Kier molecular flexibility index (Phi) is 4.94. The molecule has 0 saturated heterocycles. The third-order valence-corrected chi connectivity index (χ3v) is 1.30. The van der Waals surface area contributed by atoms with Crippen molar-refractivity contribution < 1.29 is 4.79 Å². The normalized spacial score (nSPS) is 11.5. The van der Waals surface area contributed by atoms with Crippen LogP contribution in [0.4, 0.5) is 0 Å². The third kappa shape index (κ3) is 5.24. The monoisotopic (exact) mass is 156 g/mol. The molecule has 0 aliphatic heterocycles. The first-order chi connectivity index (χ1) is 5.20. The minimum atomic E-state index is -0.225. The summed E-state index contributed by atoms with van der Waals surface area (Å²) in [5.74, 6) is -0.225. The van der Waals surface area contributed by atoms with Crippen LogP contribution in [0.2, 0.25) is 0 Å². The van der Waals surface area contributed by atoms with Crippen molar-refractivity contribution >= 4 is 5.91 Å². The lowest BCUT2D eigenvalue weighted by molar-refractivity contribution is -0.120. The van der Waals surface area contributed by atoms with E-state index < -0.39 is 0 Å². The minimum Gasteiger partial charge on any atom is -0.354 e. The number of amides is 1. The highest BCUT2D eigenvalue weighted by Crippen LogP contribution is 1.87. The van der Waals surface area contributed by atoms with Gasteiger partial charge in [0.1, 0.15) is 6.54 Å². The Bertz CT molecular complexity index is 173. The zero-order chi connectivity index (χ0) is 8.69. The predicted octanol–water partition coefficient (Wildman–Crippen LogP) is 1.21. The molecule has 11 heavy (non-hydrogen) atoms. The summed E-state index contributed by atoms with van der Waals surface area (Å²) in [5, 5.41) is 5.79. The fourth-order valence-corrected chi connectivity index (χ4v) is 0.518.